The topological polar surface area (TPSA) is 9.23 Å². The van der Waals surface area contributed by atoms with E-state index >= 15 is 0 Å². The van der Waals surface area contributed by atoms with Gasteiger partial charge in [0.05, 0.1) is 13.2 Å². The van der Waals surface area contributed by atoms with Crippen LogP contribution in [0.1, 0.15) is 17.5 Å². The van der Waals surface area contributed by atoms with E-state index in [1.807, 2.05) is 30.0 Å². The number of benzene rings is 2. The molecule has 0 aliphatic carbocycles. The first-order valence-corrected chi connectivity index (χ1v) is 9.10. The van der Waals surface area contributed by atoms with E-state index in [1.165, 1.54) is 11.1 Å². The third-order valence-corrected chi connectivity index (χ3v) is 4.12. The molecule has 2 rings (SSSR count). The molecule has 120 valence electrons. The van der Waals surface area contributed by atoms with Crippen LogP contribution >= 0.6 is 11.8 Å². The molecule has 0 N–H and O–H groups in total. The van der Waals surface area contributed by atoms with Gasteiger partial charge in [-0.15, -0.1) is 11.8 Å². The smallest absolute Gasteiger partial charge is 0.0650 e. The van der Waals surface area contributed by atoms with Crippen LogP contribution in [-0.2, 0) is 11.2 Å². The highest BCUT2D eigenvalue weighted by Crippen LogP contribution is 2.08. The van der Waals surface area contributed by atoms with E-state index < -0.39 is 0 Å². The molecule has 0 amide bonds. The normalized spacial score (nSPS) is 11.5. The Kier molecular flexibility index (Phi) is 8.98. The highest BCUT2D eigenvalue weighted by molar-refractivity contribution is 8.02. The van der Waals surface area contributed by atoms with Gasteiger partial charge in [-0.1, -0.05) is 78.9 Å². The Morgan fingerprint density at radius 1 is 0.870 bits per heavy atom. The average molecular weight is 324 g/mol. The van der Waals surface area contributed by atoms with E-state index in [0.29, 0.717) is 6.61 Å². The Hall–Kier alpha value is -1.77. The fraction of sp³-hybridized carbons (Fsp3) is 0.238. The van der Waals surface area contributed by atoms with E-state index in [2.05, 4.69) is 66.1 Å². The lowest BCUT2D eigenvalue weighted by Gasteiger charge is -1.99. The first kappa shape index (κ1) is 17.6. The molecule has 2 aromatic rings. The molecule has 0 bridgehead atoms. The van der Waals surface area contributed by atoms with Gasteiger partial charge in [0.2, 0.25) is 0 Å². The predicted molar refractivity (Wildman–Crippen MR) is 103 cm³/mol. The van der Waals surface area contributed by atoms with Crippen molar-refractivity contribution in [2.24, 2.45) is 0 Å². The molecule has 0 aliphatic rings. The van der Waals surface area contributed by atoms with Gasteiger partial charge in [-0.25, -0.2) is 0 Å². The summed E-state index contributed by atoms with van der Waals surface area (Å²) in [6.07, 6.45) is 8.44. The zero-order valence-corrected chi connectivity index (χ0v) is 14.3. The molecule has 0 radical (unpaired) electrons. The van der Waals surface area contributed by atoms with Crippen molar-refractivity contribution in [1.29, 1.82) is 0 Å². The van der Waals surface area contributed by atoms with Crippen LogP contribution in [0.2, 0.25) is 0 Å². The van der Waals surface area contributed by atoms with Gasteiger partial charge in [0.15, 0.2) is 0 Å². The molecule has 0 fully saturated rings. The lowest BCUT2D eigenvalue weighted by Crippen LogP contribution is -1.92. The summed E-state index contributed by atoms with van der Waals surface area (Å²) in [7, 11) is 0. The number of rotatable bonds is 10. The Morgan fingerprint density at radius 3 is 2.39 bits per heavy atom. The first-order chi connectivity index (χ1) is 11.4. The Bertz CT molecular complexity index is 575. The molecule has 2 heteroatoms. The van der Waals surface area contributed by atoms with E-state index in [0.717, 1.165) is 25.2 Å². The zero-order chi connectivity index (χ0) is 16.0. The van der Waals surface area contributed by atoms with Crippen molar-refractivity contribution in [3.63, 3.8) is 0 Å². The molecule has 0 heterocycles. The van der Waals surface area contributed by atoms with Crippen LogP contribution in [-0.4, -0.2) is 19.0 Å². The van der Waals surface area contributed by atoms with Crippen molar-refractivity contribution >= 4 is 17.8 Å². The van der Waals surface area contributed by atoms with Crippen molar-refractivity contribution in [3.05, 3.63) is 89.4 Å². The molecule has 23 heavy (non-hydrogen) atoms. The second kappa shape index (κ2) is 11.8. The van der Waals surface area contributed by atoms with Crippen molar-refractivity contribution in [2.45, 2.75) is 12.8 Å². The predicted octanol–water partition coefficient (Wildman–Crippen LogP) is 5.60. The number of thioether (sulfide) groups is 1. The van der Waals surface area contributed by atoms with Gasteiger partial charge in [0, 0.05) is 5.75 Å². The van der Waals surface area contributed by atoms with Crippen LogP contribution in [0.15, 0.2) is 78.2 Å². The second-order valence-electron chi connectivity index (χ2n) is 5.15. The van der Waals surface area contributed by atoms with E-state index in [9.17, 15) is 0 Å². The molecule has 0 aliphatic heterocycles. The summed E-state index contributed by atoms with van der Waals surface area (Å²) in [5.41, 5.74) is 2.62. The van der Waals surface area contributed by atoms with Crippen molar-refractivity contribution in [3.8, 4) is 0 Å². The molecule has 0 unspecified atom stereocenters. The summed E-state index contributed by atoms with van der Waals surface area (Å²) in [5, 5.41) is 2.19. The van der Waals surface area contributed by atoms with E-state index in [4.69, 9.17) is 4.74 Å². The SMILES string of the molecule is C(=C/SCCc1ccccc1)/CCOC/C=C/c1ccccc1. The van der Waals surface area contributed by atoms with Crippen LogP contribution in [0.3, 0.4) is 0 Å². The number of hydrogen-bond acceptors (Lipinski definition) is 2. The lowest BCUT2D eigenvalue weighted by atomic mass is 10.2. The summed E-state index contributed by atoms with van der Waals surface area (Å²) >= 11 is 1.86. The first-order valence-electron chi connectivity index (χ1n) is 8.05. The van der Waals surface area contributed by atoms with Crippen molar-refractivity contribution in [2.75, 3.05) is 19.0 Å². The van der Waals surface area contributed by atoms with Crippen LogP contribution in [0.5, 0.6) is 0 Å². The Labute approximate surface area is 144 Å². The molecule has 0 atom stereocenters. The van der Waals surface area contributed by atoms with Gasteiger partial charge in [-0.2, -0.15) is 0 Å². The number of hydrogen-bond donors (Lipinski definition) is 0. The molecule has 0 aromatic heterocycles. The highest BCUT2D eigenvalue weighted by Gasteiger charge is 1.90. The molecule has 0 saturated heterocycles. The Balaban J connectivity index is 1.45. The van der Waals surface area contributed by atoms with Crippen LogP contribution < -0.4 is 0 Å². The van der Waals surface area contributed by atoms with Gasteiger partial charge in [-0.3, -0.25) is 0 Å². The summed E-state index contributed by atoms with van der Waals surface area (Å²) in [4.78, 5) is 0. The van der Waals surface area contributed by atoms with Crippen LogP contribution in [0.4, 0.5) is 0 Å². The molecule has 0 saturated carbocycles. The van der Waals surface area contributed by atoms with Gasteiger partial charge >= 0.3 is 0 Å². The molecular formula is C21H24OS. The third-order valence-electron chi connectivity index (χ3n) is 3.30. The fourth-order valence-corrected chi connectivity index (χ4v) is 2.84. The largest absolute Gasteiger partial charge is 0.377 e. The third kappa shape index (κ3) is 8.44. The lowest BCUT2D eigenvalue weighted by molar-refractivity contribution is 0.168. The summed E-state index contributed by atoms with van der Waals surface area (Å²) in [5.74, 6) is 1.13. The number of ether oxygens (including phenoxy) is 1. The molecular weight excluding hydrogens is 300 g/mol. The second-order valence-corrected chi connectivity index (χ2v) is 6.17. The van der Waals surface area contributed by atoms with Crippen molar-refractivity contribution in [1.82, 2.24) is 0 Å². The minimum absolute atomic E-state index is 0.671. The number of aryl methyl sites for hydroxylation is 1. The monoisotopic (exact) mass is 324 g/mol. The maximum absolute atomic E-state index is 5.58. The fourth-order valence-electron chi connectivity index (χ4n) is 2.08. The quantitative estimate of drug-likeness (QED) is 0.526. The van der Waals surface area contributed by atoms with E-state index in [-0.39, 0.29) is 0 Å². The molecule has 1 nitrogen and oxygen atoms in total. The van der Waals surface area contributed by atoms with Gasteiger partial charge in [0.25, 0.3) is 0 Å². The minimum Gasteiger partial charge on any atom is -0.377 e. The molecule has 2 aromatic carbocycles. The standard InChI is InChI=1S/C21H24OS/c1-3-10-20(11-4-1)14-9-17-22-16-7-8-18-23-19-15-21-12-5-2-6-13-21/h1-6,8-14,18H,7,15-17,19H2/b14-9+,18-8-. The van der Waals surface area contributed by atoms with Gasteiger partial charge in [0.1, 0.15) is 0 Å². The maximum atomic E-state index is 5.58. The zero-order valence-electron chi connectivity index (χ0n) is 13.4. The van der Waals surface area contributed by atoms with Gasteiger partial charge < -0.3 is 4.74 Å². The van der Waals surface area contributed by atoms with E-state index in [1.54, 1.807) is 0 Å². The van der Waals surface area contributed by atoms with Crippen molar-refractivity contribution < 1.29 is 4.74 Å². The summed E-state index contributed by atoms with van der Waals surface area (Å²) in [6.45, 7) is 1.44. The molecule has 0 spiro atoms. The highest BCUT2D eigenvalue weighted by atomic mass is 32.2. The average Bonchev–Trinajstić information content (AvgIpc) is 2.61. The summed E-state index contributed by atoms with van der Waals surface area (Å²) < 4.78 is 5.58. The minimum atomic E-state index is 0.671. The van der Waals surface area contributed by atoms with Gasteiger partial charge in [-0.05, 0) is 29.4 Å². The van der Waals surface area contributed by atoms with Crippen LogP contribution in [0.25, 0.3) is 6.08 Å². The summed E-state index contributed by atoms with van der Waals surface area (Å²) in [6, 6.07) is 20.9. The Morgan fingerprint density at radius 2 is 1.61 bits per heavy atom. The maximum Gasteiger partial charge on any atom is 0.0650 e. The van der Waals surface area contributed by atoms with Crippen LogP contribution in [0, 0.1) is 0 Å².